The predicted octanol–water partition coefficient (Wildman–Crippen LogP) is 2.85. The molecule has 0 saturated carbocycles. The summed E-state index contributed by atoms with van der Waals surface area (Å²) in [7, 11) is 0. The fourth-order valence-electron chi connectivity index (χ4n) is 3.06. The number of aromatic nitrogens is 1. The molecule has 1 aliphatic rings. The van der Waals surface area contributed by atoms with E-state index in [9.17, 15) is 0 Å². The van der Waals surface area contributed by atoms with E-state index < -0.39 is 0 Å². The van der Waals surface area contributed by atoms with Crippen LogP contribution in [0.5, 0.6) is 0 Å². The monoisotopic (exact) mass is 285 g/mol. The molecular formula is C16H23N5. The molecule has 0 fully saturated rings. The Morgan fingerprint density at radius 2 is 2.00 bits per heavy atom. The fraction of sp³-hybridized carbons (Fsp3) is 0.438. The lowest BCUT2D eigenvalue weighted by atomic mass is 9.91. The second kappa shape index (κ2) is 4.41. The minimum atomic E-state index is 0.0218. The molecule has 0 amide bonds. The van der Waals surface area contributed by atoms with Crippen LogP contribution in [0.25, 0.3) is 10.9 Å². The Labute approximate surface area is 125 Å². The number of anilines is 1. The van der Waals surface area contributed by atoms with E-state index in [1.54, 1.807) is 10.9 Å². The highest BCUT2D eigenvalue weighted by Gasteiger charge is 2.29. The number of amidine groups is 1. The summed E-state index contributed by atoms with van der Waals surface area (Å²) >= 11 is 0. The van der Waals surface area contributed by atoms with Crippen LogP contribution in [0.1, 0.15) is 33.3 Å². The fourth-order valence-corrected chi connectivity index (χ4v) is 3.06. The molecule has 1 aromatic heterocycles. The summed E-state index contributed by atoms with van der Waals surface area (Å²) in [5, 5.41) is 1.03. The Hall–Kier alpha value is -2.17. The second-order valence-electron chi connectivity index (χ2n) is 6.65. The molecule has 0 spiro atoms. The molecule has 3 rings (SSSR count). The number of hydrogen-bond acceptors (Lipinski definition) is 4. The summed E-state index contributed by atoms with van der Waals surface area (Å²) in [4.78, 5) is 7.22. The number of nitrogens with two attached hydrogens (primary N) is 2. The minimum Gasteiger partial charge on any atom is -0.397 e. The predicted molar refractivity (Wildman–Crippen MR) is 89.1 cm³/mol. The summed E-state index contributed by atoms with van der Waals surface area (Å²) in [5.41, 5.74) is 10.0. The summed E-state index contributed by atoms with van der Waals surface area (Å²) < 4.78 is 1.59. The van der Waals surface area contributed by atoms with E-state index >= 15 is 0 Å². The molecule has 2 heterocycles. The van der Waals surface area contributed by atoms with Gasteiger partial charge < -0.3 is 16.5 Å². The van der Waals surface area contributed by atoms with E-state index in [-0.39, 0.29) is 5.41 Å². The number of benzene rings is 1. The summed E-state index contributed by atoms with van der Waals surface area (Å²) in [6.45, 7) is 10.5. The molecular weight excluding hydrogens is 262 g/mol. The van der Waals surface area contributed by atoms with Crippen LogP contribution in [0.15, 0.2) is 23.3 Å². The first-order chi connectivity index (χ1) is 9.82. The van der Waals surface area contributed by atoms with Crippen LogP contribution >= 0.6 is 0 Å². The van der Waals surface area contributed by atoms with Crippen molar-refractivity contribution in [2.75, 3.05) is 18.1 Å². The average molecular weight is 285 g/mol. The Morgan fingerprint density at radius 1 is 1.29 bits per heavy atom. The quantitative estimate of drug-likeness (QED) is 0.791. The van der Waals surface area contributed by atoms with E-state index in [1.807, 2.05) is 12.1 Å². The smallest absolute Gasteiger partial charge is 0.110 e. The highest BCUT2D eigenvalue weighted by molar-refractivity contribution is 6.00. The van der Waals surface area contributed by atoms with Gasteiger partial charge in [0.25, 0.3) is 0 Å². The molecule has 0 unspecified atom stereocenters. The summed E-state index contributed by atoms with van der Waals surface area (Å²) in [6.07, 6.45) is 1.77. The molecule has 0 atom stereocenters. The third kappa shape index (κ3) is 2.04. The zero-order valence-electron chi connectivity index (χ0n) is 13.1. The van der Waals surface area contributed by atoms with Gasteiger partial charge in [-0.15, -0.1) is 0 Å². The molecule has 5 heteroatoms. The molecule has 2 aromatic rings. The third-order valence-corrected chi connectivity index (χ3v) is 4.04. The van der Waals surface area contributed by atoms with Gasteiger partial charge in [0.2, 0.25) is 0 Å². The van der Waals surface area contributed by atoms with Crippen molar-refractivity contribution in [3.8, 4) is 0 Å². The maximum Gasteiger partial charge on any atom is 0.110 e. The lowest BCUT2D eigenvalue weighted by Crippen LogP contribution is -2.40. The number of rotatable bonds is 1. The van der Waals surface area contributed by atoms with E-state index in [0.29, 0.717) is 0 Å². The maximum atomic E-state index is 6.14. The lowest BCUT2D eigenvalue weighted by Gasteiger charge is -2.36. The van der Waals surface area contributed by atoms with E-state index in [0.717, 1.165) is 41.2 Å². The van der Waals surface area contributed by atoms with Gasteiger partial charge in [0, 0.05) is 35.7 Å². The van der Waals surface area contributed by atoms with Gasteiger partial charge >= 0.3 is 0 Å². The minimum absolute atomic E-state index is 0.0218. The first kappa shape index (κ1) is 13.8. The van der Waals surface area contributed by atoms with Crippen molar-refractivity contribution in [1.82, 2.24) is 9.58 Å². The zero-order valence-corrected chi connectivity index (χ0v) is 13.1. The van der Waals surface area contributed by atoms with Crippen LogP contribution in [-0.2, 0) is 6.54 Å². The molecule has 0 aliphatic carbocycles. The highest BCUT2D eigenvalue weighted by atomic mass is 15.3. The van der Waals surface area contributed by atoms with Crippen molar-refractivity contribution in [2.24, 2.45) is 10.4 Å². The van der Waals surface area contributed by atoms with Gasteiger partial charge in [0.05, 0.1) is 16.9 Å². The number of hydrogen-bond donors (Lipinski definition) is 2. The number of aliphatic imine (C=N–C) groups is 1. The van der Waals surface area contributed by atoms with Crippen molar-refractivity contribution in [2.45, 2.75) is 34.2 Å². The third-order valence-electron chi connectivity index (χ3n) is 4.04. The van der Waals surface area contributed by atoms with Crippen molar-refractivity contribution in [3.05, 3.63) is 23.9 Å². The molecule has 5 nitrogen and oxygen atoms in total. The van der Waals surface area contributed by atoms with E-state index in [4.69, 9.17) is 16.6 Å². The van der Waals surface area contributed by atoms with E-state index in [1.165, 1.54) is 5.56 Å². The standard InChI is InChI=1S/C16H23N5/c1-5-20-8-10-12(19-15(20)16(2,3)4)6-7-13-14(10)11(17)9-21(13)18/h6-7,9H,5,8,17-18H2,1-4H3. The SMILES string of the molecule is CCN1Cc2c(ccc3c2c(N)cn3N)N=C1C(C)(C)C. The van der Waals surface area contributed by atoms with Crippen LogP contribution in [0.3, 0.4) is 0 Å². The number of nitrogen functional groups attached to an aromatic ring is 2. The van der Waals surface area contributed by atoms with Gasteiger partial charge in [0.15, 0.2) is 0 Å². The van der Waals surface area contributed by atoms with Crippen molar-refractivity contribution < 1.29 is 0 Å². The van der Waals surface area contributed by atoms with Crippen LogP contribution in [0, 0.1) is 5.41 Å². The highest BCUT2D eigenvalue weighted by Crippen LogP contribution is 2.38. The van der Waals surface area contributed by atoms with Gasteiger partial charge in [-0.25, -0.2) is 4.99 Å². The van der Waals surface area contributed by atoms with Crippen molar-refractivity contribution in [3.63, 3.8) is 0 Å². The summed E-state index contributed by atoms with van der Waals surface area (Å²) in [5.74, 6) is 7.09. The van der Waals surface area contributed by atoms with Gasteiger partial charge in [-0.05, 0) is 19.1 Å². The first-order valence-corrected chi connectivity index (χ1v) is 7.34. The van der Waals surface area contributed by atoms with Crippen LogP contribution in [0.4, 0.5) is 11.4 Å². The van der Waals surface area contributed by atoms with Crippen LogP contribution in [0.2, 0.25) is 0 Å². The van der Waals surface area contributed by atoms with Crippen molar-refractivity contribution in [1.29, 1.82) is 0 Å². The second-order valence-corrected chi connectivity index (χ2v) is 6.65. The van der Waals surface area contributed by atoms with Crippen LogP contribution < -0.4 is 11.6 Å². The van der Waals surface area contributed by atoms with Gasteiger partial charge in [-0.1, -0.05) is 20.8 Å². The average Bonchev–Trinajstić information content (AvgIpc) is 2.71. The molecule has 4 N–H and O–H groups in total. The molecule has 1 aromatic carbocycles. The Kier molecular flexibility index (Phi) is 2.90. The Bertz CT molecular complexity index is 733. The Morgan fingerprint density at radius 3 is 2.62 bits per heavy atom. The molecule has 1 aliphatic heterocycles. The number of nitrogens with zero attached hydrogens (tertiary/aromatic N) is 3. The molecule has 0 saturated heterocycles. The topological polar surface area (TPSA) is 72.6 Å². The molecule has 0 radical (unpaired) electrons. The van der Waals surface area contributed by atoms with Gasteiger partial charge in [-0.2, -0.15) is 0 Å². The van der Waals surface area contributed by atoms with Gasteiger partial charge in [0.1, 0.15) is 5.84 Å². The lowest BCUT2D eigenvalue weighted by molar-refractivity contribution is 0.374. The molecule has 112 valence electrons. The molecule has 21 heavy (non-hydrogen) atoms. The zero-order chi connectivity index (χ0) is 15.4. The summed E-state index contributed by atoms with van der Waals surface area (Å²) in [6, 6.07) is 4.04. The van der Waals surface area contributed by atoms with Crippen LogP contribution in [-0.4, -0.2) is 22.0 Å². The number of fused-ring (bicyclic) bond motifs is 3. The largest absolute Gasteiger partial charge is 0.397 e. The van der Waals surface area contributed by atoms with Gasteiger partial charge in [-0.3, -0.25) is 4.68 Å². The van der Waals surface area contributed by atoms with Crippen molar-refractivity contribution >= 4 is 28.1 Å². The van der Waals surface area contributed by atoms with E-state index in [2.05, 4.69) is 32.6 Å². The molecule has 0 bridgehead atoms. The maximum absolute atomic E-state index is 6.14. The normalized spacial score (nSPS) is 15.2. The Balaban J connectivity index is 2.27. The first-order valence-electron chi connectivity index (χ1n) is 7.34.